The molecule has 0 radical (unpaired) electrons. The molecule has 6 nitrogen and oxygen atoms in total. The van der Waals surface area contributed by atoms with E-state index in [1.807, 2.05) is 6.07 Å². The molecule has 0 bridgehead atoms. The number of piperidine rings is 1. The van der Waals surface area contributed by atoms with Crippen molar-refractivity contribution in [2.45, 2.75) is 23.9 Å². The molecule has 0 aliphatic carbocycles. The predicted octanol–water partition coefficient (Wildman–Crippen LogP) is 1.89. The summed E-state index contributed by atoms with van der Waals surface area (Å²) < 4.78 is 0. The van der Waals surface area contributed by atoms with Crippen LogP contribution in [-0.4, -0.2) is 57.9 Å². The smallest absolute Gasteiger partial charge is 0.234 e. The third kappa shape index (κ3) is 5.07. The number of nitrogens with zero attached hydrogens (tertiary/aromatic N) is 3. The van der Waals surface area contributed by atoms with E-state index in [1.165, 1.54) is 18.3 Å². The van der Waals surface area contributed by atoms with E-state index in [4.69, 9.17) is 0 Å². The fourth-order valence-electron chi connectivity index (χ4n) is 3.06. The normalized spacial score (nSPS) is 18.4. The number of H-pyrrole nitrogens is 1. The van der Waals surface area contributed by atoms with E-state index in [-0.39, 0.29) is 5.91 Å². The minimum absolute atomic E-state index is 0.0990. The lowest BCUT2D eigenvalue weighted by Gasteiger charge is -2.32. The van der Waals surface area contributed by atoms with Gasteiger partial charge in [0.1, 0.15) is 6.33 Å². The highest BCUT2D eigenvalue weighted by atomic mass is 32.2. The number of hydrogen-bond donors (Lipinski definition) is 2. The highest BCUT2D eigenvalue weighted by molar-refractivity contribution is 7.99. The molecule has 2 heterocycles. The SMILES string of the molecule is O=C(CN1CCCC(c2ccccc2)C1)NCCSc1ncn[nH]1. The molecule has 7 heteroatoms. The second-order valence-electron chi connectivity index (χ2n) is 5.97. The average Bonchev–Trinajstić information content (AvgIpc) is 3.13. The molecular formula is C17H23N5OS. The molecule has 1 aromatic heterocycles. The Labute approximate surface area is 146 Å². The molecule has 3 rings (SSSR count). The van der Waals surface area contributed by atoms with Crippen LogP contribution >= 0.6 is 11.8 Å². The van der Waals surface area contributed by atoms with Gasteiger partial charge in [0.15, 0.2) is 5.16 Å². The first-order valence-corrected chi connectivity index (χ1v) is 9.32. The van der Waals surface area contributed by atoms with Gasteiger partial charge in [-0.3, -0.25) is 14.8 Å². The van der Waals surface area contributed by atoms with Gasteiger partial charge in [-0.05, 0) is 30.9 Å². The van der Waals surface area contributed by atoms with Crippen LogP contribution in [0.1, 0.15) is 24.3 Å². The Balaban J connectivity index is 1.38. The first-order valence-electron chi connectivity index (χ1n) is 8.33. The van der Waals surface area contributed by atoms with Crippen LogP contribution in [0.4, 0.5) is 0 Å². The number of amides is 1. The maximum absolute atomic E-state index is 12.1. The fourth-order valence-corrected chi connectivity index (χ4v) is 3.69. The Morgan fingerprint density at radius 2 is 2.25 bits per heavy atom. The van der Waals surface area contributed by atoms with Crippen molar-refractivity contribution in [1.82, 2.24) is 25.4 Å². The maximum Gasteiger partial charge on any atom is 0.234 e. The number of hydrogen-bond acceptors (Lipinski definition) is 5. The Bertz CT molecular complexity index is 619. The van der Waals surface area contributed by atoms with Crippen molar-refractivity contribution >= 4 is 17.7 Å². The Hall–Kier alpha value is -1.86. The molecule has 128 valence electrons. The molecular weight excluding hydrogens is 322 g/mol. The van der Waals surface area contributed by atoms with Crippen molar-refractivity contribution in [1.29, 1.82) is 0 Å². The summed E-state index contributed by atoms with van der Waals surface area (Å²) in [6, 6.07) is 10.6. The molecule has 0 spiro atoms. The number of carbonyl (C=O) groups is 1. The minimum atomic E-state index is 0.0990. The van der Waals surface area contributed by atoms with Crippen LogP contribution in [0.5, 0.6) is 0 Å². The molecule has 1 atom stereocenters. The summed E-state index contributed by atoms with van der Waals surface area (Å²) in [5.74, 6) is 1.42. The number of likely N-dealkylation sites (tertiary alicyclic amines) is 1. The molecule has 1 aromatic carbocycles. The van der Waals surface area contributed by atoms with Crippen LogP contribution in [0, 0.1) is 0 Å². The molecule has 0 saturated carbocycles. The van der Waals surface area contributed by atoms with E-state index in [9.17, 15) is 4.79 Å². The molecule has 1 aliphatic rings. The van der Waals surface area contributed by atoms with E-state index >= 15 is 0 Å². The van der Waals surface area contributed by atoms with E-state index in [0.29, 0.717) is 19.0 Å². The average molecular weight is 345 g/mol. The van der Waals surface area contributed by atoms with Gasteiger partial charge < -0.3 is 5.32 Å². The van der Waals surface area contributed by atoms with E-state index in [0.717, 1.165) is 30.4 Å². The number of aromatic amines is 1. The van der Waals surface area contributed by atoms with Crippen LogP contribution in [0.3, 0.4) is 0 Å². The summed E-state index contributed by atoms with van der Waals surface area (Å²) in [6.45, 7) is 3.09. The van der Waals surface area contributed by atoms with Crippen LogP contribution in [0.25, 0.3) is 0 Å². The number of carbonyl (C=O) groups excluding carboxylic acids is 1. The number of benzene rings is 1. The zero-order chi connectivity index (χ0) is 16.6. The van der Waals surface area contributed by atoms with Crippen molar-refractivity contribution in [3.8, 4) is 0 Å². The lowest BCUT2D eigenvalue weighted by molar-refractivity contribution is -0.122. The Morgan fingerprint density at radius 3 is 3.04 bits per heavy atom. The van der Waals surface area contributed by atoms with Crippen molar-refractivity contribution in [2.24, 2.45) is 0 Å². The number of nitrogens with one attached hydrogen (secondary N) is 2. The molecule has 2 aromatic rings. The molecule has 1 unspecified atom stereocenters. The van der Waals surface area contributed by atoms with Gasteiger partial charge >= 0.3 is 0 Å². The standard InChI is InChI=1S/C17H23N5OS/c23-16(18-8-10-24-17-19-13-20-21-17)12-22-9-4-7-15(11-22)14-5-2-1-3-6-14/h1-3,5-6,13,15H,4,7-12H2,(H,18,23)(H,19,20,21). The van der Waals surface area contributed by atoms with Crippen molar-refractivity contribution < 1.29 is 4.79 Å². The number of rotatable bonds is 7. The molecule has 1 aliphatic heterocycles. The third-order valence-electron chi connectivity index (χ3n) is 4.20. The van der Waals surface area contributed by atoms with Crippen LogP contribution in [-0.2, 0) is 4.79 Å². The highest BCUT2D eigenvalue weighted by Gasteiger charge is 2.22. The maximum atomic E-state index is 12.1. The largest absolute Gasteiger partial charge is 0.354 e. The molecule has 1 amide bonds. The molecule has 1 saturated heterocycles. The van der Waals surface area contributed by atoms with Gasteiger partial charge in [-0.1, -0.05) is 42.1 Å². The highest BCUT2D eigenvalue weighted by Crippen LogP contribution is 2.26. The van der Waals surface area contributed by atoms with Crippen molar-refractivity contribution in [3.63, 3.8) is 0 Å². The number of aromatic nitrogens is 3. The van der Waals surface area contributed by atoms with E-state index < -0.39 is 0 Å². The summed E-state index contributed by atoms with van der Waals surface area (Å²) in [5, 5.41) is 10.4. The van der Waals surface area contributed by atoms with Crippen molar-refractivity contribution in [2.75, 3.05) is 31.9 Å². The van der Waals surface area contributed by atoms with Crippen LogP contribution in [0.2, 0.25) is 0 Å². The van der Waals surface area contributed by atoms with Gasteiger partial charge in [-0.15, -0.1) is 0 Å². The monoisotopic (exact) mass is 345 g/mol. The summed E-state index contributed by atoms with van der Waals surface area (Å²) in [6.07, 6.45) is 3.84. The Morgan fingerprint density at radius 1 is 1.38 bits per heavy atom. The summed E-state index contributed by atoms with van der Waals surface area (Å²) in [4.78, 5) is 18.4. The second kappa shape index (κ2) is 8.84. The van der Waals surface area contributed by atoms with Gasteiger partial charge in [-0.2, -0.15) is 5.10 Å². The first-order chi connectivity index (χ1) is 11.8. The zero-order valence-electron chi connectivity index (χ0n) is 13.6. The molecule has 1 fully saturated rings. The van der Waals surface area contributed by atoms with Gasteiger partial charge in [0.2, 0.25) is 5.91 Å². The topological polar surface area (TPSA) is 73.9 Å². The lowest BCUT2D eigenvalue weighted by atomic mass is 9.91. The van der Waals surface area contributed by atoms with Crippen LogP contribution in [0.15, 0.2) is 41.8 Å². The lowest BCUT2D eigenvalue weighted by Crippen LogP contribution is -2.42. The summed E-state index contributed by atoms with van der Waals surface area (Å²) in [5.41, 5.74) is 1.38. The molecule has 24 heavy (non-hydrogen) atoms. The van der Waals surface area contributed by atoms with Crippen molar-refractivity contribution in [3.05, 3.63) is 42.2 Å². The quantitative estimate of drug-likeness (QED) is 0.592. The van der Waals surface area contributed by atoms with Gasteiger partial charge in [0, 0.05) is 18.8 Å². The molecule has 2 N–H and O–H groups in total. The van der Waals surface area contributed by atoms with Gasteiger partial charge in [0.25, 0.3) is 0 Å². The van der Waals surface area contributed by atoms with E-state index in [1.54, 1.807) is 11.8 Å². The minimum Gasteiger partial charge on any atom is -0.354 e. The second-order valence-corrected chi connectivity index (χ2v) is 7.06. The van der Waals surface area contributed by atoms with Crippen LogP contribution < -0.4 is 5.32 Å². The summed E-state index contributed by atoms with van der Waals surface area (Å²) >= 11 is 1.56. The summed E-state index contributed by atoms with van der Waals surface area (Å²) in [7, 11) is 0. The third-order valence-corrected chi connectivity index (χ3v) is 5.08. The zero-order valence-corrected chi connectivity index (χ0v) is 14.5. The van der Waals surface area contributed by atoms with E-state index in [2.05, 4.69) is 49.7 Å². The fraction of sp³-hybridized carbons (Fsp3) is 0.471. The first kappa shape index (κ1) is 17.0. The Kier molecular flexibility index (Phi) is 6.26. The van der Waals surface area contributed by atoms with Gasteiger partial charge in [0.05, 0.1) is 6.54 Å². The van der Waals surface area contributed by atoms with Gasteiger partial charge in [-0.25, -0.2) is 4.98 Å². The predicted molar refractivity (Wildman–Crippen MR) is 95.0 cm³/mol. The number of thioether (sulfide) groups is 1.